The largest absolute Gasteiger partial charge is 0.432 e. The molecule has 0 saturated heterocycles. The first-order chi connectivity index (χ1) is 6.99. The zero-order valence-corrected chi connectivity index (χ0v) is 7.34. The molecule has 2 amide bonds. The highest BCUT2D eigenvalue weighted by molar-refractivity contribution is 5.89. The first kappa shape index (κ1) is 11.2. The molecule has 0 aromatic heterocycles. The van der Waals surface area contributed by atoms with Crippen LogP contribution in [0.1, 0.15) is 0 Å². The van der Waals surface area contributed by atoms with Gasteiger partial charge in [0.2, 0.25) is 0 Å². The fourth-order valence-electron chi connectivity index (χ4n) is 0.926. The Kier molecular flexibility index (Phi) is 3.37. The highest BCUT2D eigenvalue weighted by atomic mass is 19.3. The topological polar surface area (TPSA) is 64.4 Å². The highest BCUT2D eigenvalue weighted by Gasteiger charge is 2.11. The van der Waals surface area contributed by atoms with Crippen LogP contribution in [-0.2, 0) is 0 Å². The van der Waals surface area contributed by atoms with Crippen molar-refractivity contribution in [2.24, 2.45) is 5.73 Å². The molecule has 0 fully saturated rings. The molecule has 15 heavy (non-hydrogen) atoms. The van der Waals surface area contributed by atoms with Crippen molar-refractivity contribution in [3.8, 4) is 5.75 Å². The summed E-state index contributed by atoms with van der Waals surface area (Å²) in [5.74, 6) is -1.25. The minimum Gasteiger partial charge on any atom is -0.432 e. The van der Waals surface area contributed by atoms with E-state index in [1.807, 2.05) is 5.32 Å². The lowest BCUT2D eigenvalue weighted by atomic mass is 10.3. The zero-order valence-electron chi connectivity index (χ0n) is 7.34. The van der Waals surface area contributed by atoms with Gasteiger partial charge in [0.15, 0.2) is 5.75 Å². The number of amides is 2. The number of hydrogen-bond donors (Lipinski definition) is 2. The second-order valence-electron chi connectivity index (χ2n) is 2.51. The fraction of sp³-hybridized carbons (Fsp3) is 0.125. The normalized spacial score (nSPS) is 10.1. The van der Waals surface area contributed by atoms with E-state index in [0.29, 0.717) is 0 Å². The van der Waals surface area contributed by atoms with Crippen molar-refractivity contribution in [1.82, 2.24) is 0 Å². The number of rotatable bonds is 3. The molecular formula is C8H7F3N2O2. The third kappa shape index (κ3) is 3.37. The van der Waals surface area contributed by atoms with Gasteiger partial charge in [0, 0.05) is 6.07 Å². The molecule has 0 atom stereocenters. The van der Waals surface area contributed by atoms with Crippen LogP contribution in [0.5, 0.6) is 5.75 Å². The third-order valence-electron chi connectivity index (χ3n) is 1.42. The van der Waals surface area contributed by atoms with Crippen LogP contribution >= 0.6 is 0 Å². The standard InChI is InChI=1S/C8H7F3N2O2/c9-4-1-2-5(13-8(12)14)6(3-4)15-7(10)11/h1-3,7H,(H3,12,13,14). The predicted molar refractivity (Wildman–Crippen MR) is 46.2 cm³/mol. The fourth-order valence-corrected chi connectivity index (χ4v) is 0.926. The molecule has 82 valence electrons. The van der Waals surface area contributed by atoms with Gasteiger partial charge >= 0.3 is 12.6 Å². The summed E-state index contributed by atoms with van der Waals surface area (Å²) < 4.78 is 40.4. The van der Waals surface area contributed by atoms with Crippen molar-refractivity contribution in [1.29, 1.82) is 0 Å². The van der Waals surface area contributed by atoms with Gasteiger partial charge in [-0.1, -0.05) is 0 Å². The molecule has 0 radical (unpaired) electrons. The Morgan fingerprint density at radius 2 is 2.13 bits per heavy atom. The number of ether oxygens (including phenoxy) is 1. The van der Waals surface area contributed by atoms with E-state index in [0.717, 1.165) is 18.2 Å². The molecule has 0 aliphatic carbocycles. The second-order valence-corrected chi connectivity index (χ2v) is 2.51. The number of nitrogens with two attached hydrogens (primary N) is 1. The van der Waals surface area contributed by atoms with Gasteiger partial charge in [-0.15, -0.1) is 0 Å². The minimum atomic E-state index is -3.11. The van der Waals surface area contributed by atoms with Gasteiger partial charge in [-0.2, -0.15) is 8.78 Å². The molecule has 0 spiro atoms. The predicted octanol–water partition coefficient (Wildman–Crippen LogP) is 1.92. The van der Waals surface area contributed by atoms with Crippen LogP contribution in [0.15, 0.2) is 18.2 Å². The van der Waals surface area contributed by atoms with Crippen LogP contribution in [0.25, 0.3) is 0 Å². The van der Waals surface area contributed by atoms with Gasteiger partial charge in [-0.05, 0) is 12.1 Å². The molecule has 1 aromatic carbocycles. The molecule has 4 nitrogen and oxygen atoms in total. The average Bonchev–Trinajstić information content (AvgIpc) is 2.08. The minimum absolute atomic E-state index is 0.121. The van der Waals surface area contributed by atoms with Crippen molar-refractivity contribution in [3.63, 3.8) is 0 Å². The number of primary amides is 1. The van der Waals surface area contributed by atoms with E-state index >= 15 is 0 Å². The zero-order chi connectivity index (χ0) is 11.4. The van der Waals surface area contributed by atoms with Gasteiger partial charge < -0.3 is 15.8 Å². The van der Waals surface area contributed by atoms with E-state index < -0.39 is 24.2 Å². The SMILES string of the molecule is NC(=O)Nc1ccc(F)cc1OC(F)F. The molecule has 0 unspecified atom stereocenters. The maximum atomic E-state index is 12.7. The Morgan fingerprint density at radius 3 is 2.67 bits per heavy atom. The van der Waals surface area contributed by atoms with Crippen LogP contribution in [-0.4, -0.2) is 12.6 Å². The van der Waals surface area contributed by atoms with Crippen molar-refractivity contribution >= 4 is 11.7 Å². The summed E-state index contributed by atoms with van der Waals surface area (Å²) in [5, 5.41) is 2.02. The number of anilines is 1. The molecule has 0 aliphatic heterocycles. The Balaban J connectivity index is 2.97. The van der Waals surface area contributed by atoms with Crippen molar-refractivity contribution < 1.29 is 22.7 Å². The summed E-state index contributed by atoms with van der Waals surface area (Å²) in [7, 11) is 0. The first-order valence-electron chi connectivity index (χ1n) is 3.80. The van der Waals surface area contributed by atoms with E-state index in [4.69, 9.17) is 5.73 Å². The Bertz CT molecular complexity index is 371. The number of carbonyl (C=O) groups excluding carboxylic acids is 1. The molecule has 0 saturated carbocycles. The molecular weight excluding hydrogens is 213 g/mol. The summed E-state index contributed by atoms with van der Waals surface area (Å²) >= 11 is 0. The van der Waals surface area contributed by atoms with E-state index in [1.54, 1.807) is 0 Å². The number of carbonyl (C=O) groups is 1. The number of urea groups is 1. The molecule has 1 rings (SSSR count). The Hall–Kier alpha value is -1.92. The van der Waals surface area contributed by atoms with E-state index in [9.17, 15) is 18.0 Å². The van der Waals surface area contributed by atoms with E-state index in [1.165, 1.54) is 0 Å². The van der Waals surface area contributed by atoms with Gasteiger partial charge in [0.25, 0.3) is 0 Å². The summed E-state index contributed by atoms with van der Waals surface area (Å²) in [6.45, 7) is -3.11. The molecule has 0 heterocycles. The summed E-state index contributed by atoms with van der Waals surface area (Å²) in [6.07, 6.45) is 0. The Morgan fingerprint density at radius 1 is 1.47 bits per heavy atom. The maximum Gasteiger partial charge on any atom is 0.387 e. The summed E-state index contributed by atoms with van der Waals surface area (Å²) in [4.78, 5) is 10.5. The van der Waals surface area contributed by atoms with Crippen molar-refractivity contribution in [2.45, 2.75) is 6.61 Å². The lowest BCUT2D eigenvalue weighted by Gasteiger charge is -2.10. The van der Waals surface area contributed by atoms with E-state index in [2.05, 4.69) is 4.74 Å². The molecule has 0 aliphatic rings. The third-order valence-corrected chi connectivity index (χ3v) is 1.42. The van der Waals surface area contributed by atoms with Crippen LogP contribution in [0.2, 0.25) is 0 Å². The highest BCUT2D eigenvalue weighted by Crippen LogP contribution is 2.26. The smallest absolute Gasteiger partial charge is 0.387 e. The van der Waals surface area contributed by atoms with Gasteiger partial charge in [0.05, 0.1) is 5.69 Å². The molecule has 7 heteroatoms. The quantitative estimate of drug-likeness (QED) is 0.817. The Labute approximate surface area is 82.8 Å². The molecule has 3 N–H and O–H groups in total. The maximum absolute atomic E-state index is 12.7. The number of benzene rings is 1. The van der Waals surface area contributed by atoms with Gasteiger partial charge in [-0.25, -0.2) is 9.18 Å². The van der Waals surface area contributed by atoms with Crippen molar-refractivity contribution in [2.75, 3.05) is 5.32 Å². The van der Waals surface area contributed by atoms with Crippen LogP contribution in [0.4, 0.5) is 23.7 Å². The van der Waals surface area contributed by atoms with Gasteiger partial charge in [-0.3, -0.25) is 0 Å². The lowest BCUT2D eigenvalue weighted by Crippen LogP contribution is -2.20. The van der Waals surface area contributed by atoms with Crippen LogP contribution < -0.4 is 15.8 Å². The van der Waals surface area contributed by atoms with Crippen LogP contribution in [0, 0.1) is 5.82 Å². The summed E-state index contributed by atoms with van der Waals surface area (Å²) in [5.41, 5.74) is 4.65. The van der Waals surface area contributed by atoms with Crippen molar-refractivity contribution in [3.05, 3.63) is 24.0 Å². The number of alkyl halides is 2. The monoisotopic (exact) mass is 220 g/mol. The second kappa shape index (κ2) is 4.54. The number of halogens is 3. The van der Waals surface area contributed by atoms with E-state index in [-0.39, 0.29) is 5.69 Å². The molecule has 0 bridgehead atoms. The summed E-state index contributed by atoms with van der Waals surface area (Å²) in [6, 6.07) is 1.81. The van der Waals surface area contributed by atoms with Crippen LogP contribution in [0.3, 0.4) is 0 Å². The molecule has 1 aromatic rings. The van der Waals surface area contributed by atoms with Gasteiger partial charge in [0.1, 0.15) is 5.82 Å². The number of hydrogen-bond acceptors (Lipinski definition) is 2. The lowest BCUT2D eigenvalue weighted by molar-refractivity contribution is -0.0495. The first-order valence-corrected chi connectivity index (χ1v) is 3.80. The average molecular weight is 220 g/mol. The number of nitrogens with one attached hydrogen (secondary N) is 1.